The quantitative estimate of drug-likeness (QED) is 0.672. The third-order valence-electron chi connectivity index (χ3n) is 5.79. The van der Waals surface area contributed by atoms with Crippen molar-refractivity contribution in [3.63, 3.8) is 0 Å². The van der Waals surface area contributed by atoms with Gasteiger partial charge in [0.05, 0.1) is 12.0 Å². The van der Waals surface area contributed by atoms with Crippen molar-refractivity contribution in [1.82, 2.24) is 10.2 Å². The lowest BCUT2D eigenvalue weighted by Gasteiger charge is -2.23. The number of imide groups is 1. The summed E-state index contributed by atoms with van der Waals surface area (Å²) in [5.74, 6) is -0.0210. The summed E-state index contributed by atoms with van der Waals surface area (Å²) in [6, 6.07) is 4.35. The third kappa shape index (κ3) is 4.25. The molecule has 0 spiro atoms. The normalized spacial score (nSPS) is 24.9. The van der Waals surface area contributed by atoms with Crippen molar-refractivity contribution in [2.24, 2.45) is 11.3 Å². The van der Waals surface area contributed by atoms with E-state index in [0.717, 1.165) is 12.8 Å². The SMILES string of the molecule is Cl.O=C(CN1C[C@@H]2CCC[C@@]2(C(=O)O)C1)NC(=O)Nc1ccc2c(c1)OCCO2. The van der Waals surface area contributed by atoms with Gasteiger partial charge >= 0.3 is 12.0 Å². The third-order valence-corrected chi connectivity index (χ3v) is 5.79. The number of hydrogen-bond acceptors (Lipinski definition) is 6. The Labute approximate surface area is 174 Å². The number of nitrogens with zero attached hydrogens (tertiary/aromatic N) is 1. The van der Waals surface area contributed by atoms with Gasteiger partial charge in [0.25, 0.3) is 0 Å². The number of urea groups is 1. The van der Waals surface area contributed by atoms with E-state index in [-0.39, 0.29) is 24.9 Å². The van der Waals surface area contributed by atoms with E-state index in [1.807, 2.05) is 4.90 Å². The van der Waals surface area contributed by atoms with Crippen LogP contribution in [0.4, 0.5) is 10.5 Å². The van der Waals surface area contributed by atoms with Crippen LogP contribution in [0, 0.1) is 11.3 Å². The maximum absolute atomic E-state index is 12.2. The highest BCUT2D eigenvalue weighted by atomic mass is 35.5. The summed E-state index contributed by atoms with van der Waals surface area (Å²) in [5.41, 5.74) is -0.261. The van der Waals surface area contributed by atoms with Crippen molar-refractivity contribution in [2.45, 2.75) is 19.3 Å². The topological polar surface area (TPSA) is 117 Å². The summed E-state index contributed by atoms with van der Waals surface area (Å²) in [5, 5.41) is 14.5. The smallest absolute Gasteiger partial charge is 0.325 e. The van der Waals surface area contributed by atoms with Crippen molar-refractivity contribution < 1.29 is 29.0 Å². The van der Waals surface area contributed by atoms with Gasteiger partial charge in [-0.15, -0.1) is 12.4 Å². The van der Waals surface area contributed by atoms with Gasteiger partial charge in [-0.25, -0.2) is 4.79 Å². The van der Waals surface area contributed by atoms with Crippen LogP contribution in [0.3, 0.4) is 0 Å². The Bertz CT molecular complexity index is 819. The first kappa shape index (κ1) is 21.2. The van der Waals surface area contributed by atoms with E-state index >= 15 is 0 Å². The average Bonchev–Trinajstić information content (AvgIpc) is 3.19. The summed E-state index contributed by atoms with van der Waals surface area (Å²) in [6.45, 7) is 1.85. The van der Waals surface area contributed by atoms with Gasteiger partial charge in [-0.2, -0.15) is 0 Å². The lowest BCUT2D eigenvalue weighted by Crippen LogP contribution is -2.42. The molecule has 0 radical (unpaired) electrons. The molecule has 3 N–H and O–H groups in total. The van der Waals surface area contributed by atoms with Crippen LogP contribution in [-0.2, 0) is 9.59 Å². The average molecular weight is 426 g/mol. The second kappa shape index (κ2) is 8.46. The summed E-state index contributed by atoms with van der Waals surface area (Å²) in [6.07, 6.45) is 2.43. The molecule has 9 nitrogen and oxygen atoms in total. The van der Waals surface area contributed by atoms with E-state index < -0.39 is 23.3 Å². The lowest BCUT2D eigenvalue weighted by molar-refractivity contribution is -0.149. The molecule has 1 saturated heterocycles. The minimum Gasteiger partial charge on any atom is -0.486 e. The molecule has 158 valence electrons. The fourth-order valence-electron chi connectivity index (χ4n) is 4.52. The number of benzene rings is 1. The standard InChI is InChI=1S/C19H23N3O6.ClH/c23-16(10-22-9-12-2-1-5-19(12,11-22)17(24)25)21-18(26)20-13-3-4-14-15(8-13)28-7-6-27-14;/h3-4,8,12H,1-2,5-7,9-11H2,(H,24,25)(H2,20,21,23,26);1H/t12-,19+;/m0./s1. The fraction of sp³-hybridized carbons (Fsp3) is 0.526. The number of likely N-dealkylation sites (tertiary alicyclic amines) is 1. The number of anilines is 1. The molecule has 1 aromatic rings. The molecule has 4 rings (SSSR count). The highest BCUT2D eigenvalue weighted by Gasteiger charge is 2.54. The Morgan fingerprint density at radius 1 is 1.21 bits per heavy atom. The number of ether oxygens (including phenoxy) is 2. The van der Waals surface area contributed by atoms with Crippen LogP contribution in [-0.4, -0.2) is 60.8 Å². The Hall–Kier alpha value is -2.52. The van der Waals surface area contributed by atoms with Crippen LogP contribution in [0.15, 0.2) is 18.2 Å². The van der Waals surface area contributed by atoms with Gasteiger partial charge in [0, 0.05) is 24.8 Å². The van der Waals surface area contributed by atoms with Crippen LogP contribution in [0.1, 0.15) is 19.3 Å². The predicted octanol–water partition coefficient (Wildman–Crippen LogP) is 1.71. The van der Waals surface area contributed by atoms with E-state index in [2.05, 4.69) is 10.6 Å². The Morgan fingerprint density at radius 3 is 2.69 bits per heavy atom. The maximum Gasteiger partial charge on any atom is 0.325 e. The van der Waals surface area contributed by atoms with E-state index in [9.17, 15) is 19.5 Å². The zero-order valence-corrected chi connectivity index (χ0v) is 16.6. The Balaban J connectivity index is 0.00000240. The number of carbonyl (C=O) groups excluding carboxylic acids is 2. The van der Waals surface area contributed by atoms with Crippen LogP contribution >= 0.6 is 12.4 Å². The number of fused-ring (bicyclic) bond motifs is 2. The molecule has 3 aliphatic rings. The molecule has 2 fully saturated rings. The van der Waals surface area contributed by atoms with E-state index in [1.54, 1.807) is 18.2 Å². The highest BCUT2D eigenvalue weighted by Crippen LogP contribution is 2.48. The number of rotatable bonds is 4. The number of halogens is 1. The molecule has 10 heteroatoms. The first-order valence-electron chi connectivity index (χ1n) is 9.42. The number of amides is 3. The zero-order valence-electron chi connectivity index (χ0n) is 15.8. The second-order valence-corrected chi connectivity index (χ2v) is 7.58. The maximum atomic E-state index is 12.2. The minimum atomic E-state index is -0.783. The monoisotopic (exact) mass is 425 g/mol. The molecule has 1 saturated carbocycles. The molecule has 3 amide bonds. The van der Waals surface area contributed by atoms with Gasteiger partial charge in [-0.1, -0.05) is 6.42 Å². The molecule has 0 aromatic heterocycles. The molecule has 2 heterocycles. The van der Waals surface area contributed by atoms with Crippen LogP contribution in [0.2, 0.25) is 0 Å². The number of nitrogens with one attached hydrogen (secondary N) is 2. The fourth-order valence-corrected chi connectivity index (χ4v) is 4.52. The largest absolute Gasteiger partial charge is 0.486 e. The summed E-state index contributed by atoms with van der Waals surface area (Å²) >= 11 is 0. The van der Waals surface area contributed by atoms with E-state index in [4.69, 9.17) is 9.47 Å². The molecular weight excluding hydrogens is 402 g/mol. The molecule has 2 aliphatic heterocycles. The number of hydrogen-bond donors (Lipinski definition) is 3. The molecule has 29 heavy (non-hydrogen) atoms. The lowest BCUT2D eigenvalue weighted by atomic mass is 9.81. The number of carboxylic acid groups (broad SMARTS) is 1. The molecule has 1 aliphatic carbocycles. The number of carbonyl (C=O) groups is 3. The highest BCUT2D eigenvalue weighted by molar-refractivity contribution is 6.02. The Morgan fingerprint density at radius 2 is 1.97 bits per heavy atom. The van der Waals surface area contributed by atoms with Gasteiger partial charge in [0.2, 0.25) is 5.91 Å². The van der Waals surface area contributed by atoms with Gasteiger partial charge in [-0.3, -0.25) is 19.8 Å². The molecule has 0 bridgehead atoms. The summed E-state index contributed by atoms with van der Waals surface area (Å²) < 4.78 is 10.9. The van der Waals surface area contributed by atoms with Crippen molar-refractivity contribution in [1.29, 1.82) is 0 Å². The minimum absolute atomic E-state index is 0. The predicted molar refractivity (Wildman–Crippen MR) is 106 cm³/mol. The second-order valence-electron chi connectivity index (χ2n) is 7.58. The zero-order chi connectivity index (χ0) is 19.7. The summed E-state index contributed by atoms with van der Waals surface area (Å²) in [7, 11) is 0. The van der Waals surface area contributed by atoms with Crippen molar-refractivity contribution in [3.8, 4) is 11.5 Å². The van der Waals surface area contributed by atoms with Crippen LogP contribution in [0.5, 0.6) is 11.5 Å². The summed E-state index contributed by atoms with van der Waals surface area (Å²) in [4.78, 5) is 37.9. The van der Waals surface area contributed by atoms with Crippen molar-refractivity contribution in [3.05, 3.63) is 18.2 Å². The molecular formula is C19H24ClN3O6. The van der Waals surface area contributed by atoms with Gasteiger partial charge in [0.1, 0.15) is 13.2 Å². The number of carboxylic acids is 1. The van der Waals surface area contributed by atoms with Gasteiger partial charge in [-0.05, 0) is 30.9 Å². The number of aliphatic carboxylic acids is 1. The van der Waals surface area contributed by atoms with Crippen LogP contribution < -0.4 is 20.1 Å². The first-order valence-corrected chi connectivity index (χ1v) is 9.42. The molecule has 0 unspecified atom stereocenters. The van der Waals surface area contributed by atoms with E-state index in [0.29, 0.717) is 49.9 Å². The molecule has 1 aromatic carbocycles. The Kier molecular flexibility index (Phi) is 6.18. The van der Waals surface area contributed by atoms with Gasteiger partial charge < -0.3 is 19.9 Å². The van der Waals surface area contributed by atoms with E-state index in [1.165, 1.54) is 0 Å². The van der Waals surface area contributed by atoms with Gasteiger partial charge in [0.15, 0.2) is 11.5 Å². The van der Waals surface area contributed by atoms with Crippen molar-refractivity contribution >= 4 is 36.0 Å². The van der Waals surface area contributed by atoms with Crippen LogP contribution in [0.25, 0.3) is 0 Å². The van der Waals surface area contributed by atoms with Crippen molar-refractivity contribution in [2.75, 3.05) is 38.2 Å². The molecule has 2 atom stereocenters. The first-order chi connectivity index (χ1) is 13.5.